The van der Waals surface area contributed by atoms with Crippen molar-refractivity contribution in [2.24, 2.45) is 0 Å². The van der Waals surface area contributed by atoms with Crippen molar-refractivity contribution in [2.45, 2.75) is 58.1 Å². The standard InChI is InChI=1S/C18H29NO3/c1-6-7-8-9-19-14-12-18(2,3)22-15-11-17(21-5)16(20-4)10-13(14)15/h10-11,14,19H,6-9,12H2,1-5H3. The summed E-state index contributed by atoms with van der Waals surface area (Å²) in [5.74, 6) is 2.36. The van der Waals surface area contributed by atoms with Crippen LogP contribution in [0.3, 0.4) is 0 Å². The lowest BCUT2D eigenvalue weighted by molar-refractivity contribution is 0.0654. The smallest absolute Gasteiger partial charge is 0.164 e. The van der Waals surface area contributed by atoms with Crippen molar-refractivity contribution in [3.05, 3.63) is 17.7 Å². The van der Waals surface area contributed by atoms with E-state index in [0.717, 1.165) is 30.0 Å². The number of rotatable bonds is 7. The predicted molar refractivity (Wildman–Crippen MR) is 89.1 cm³/mol. The lowest BCUT2D eigenvalue weighted by atomic mass is 9.89. The van der Waals surface area contributed by atoms with Crippen molar-refractivity contribution in [3.63, 3.8) is 0 Å². The molecule has 4 nitrogen and oxygen atoms in total. The Labute approximate surface area is 134 Å². The molecular weight excluding hydrogens is 278 g/mol. The van der Waals surface area contributed by atoms with Crippen LogP contribution in [0, 0.1) is 0 Å². The SMILES string of the molecule is CCCCCNC1CC(C)(C)Oc2cc(OC)c(OC)cc21. The zero-order chi connectivity index (χ0) is 16.2. The van der Waals surface area contributed by atoms with Gasteiger partial charge >= 0.3 is 0 Å². The second-order valence-corrected chi connectivity index (χ2v) is 6.52. The largest absolute Gasteiger partial charge is 0.493 e. The van der Waals surface area contributed by atoms with Crippen molar-refractivity contribution in [1.82, 2.24) is 5.32 Å². The van der Waals surface area contributed by atoms with Gasteiger partial charge in [0, 0.05) is 24.1 Å². The fraction of sp³-hybridized carbons (Fsp3) is 0.667. The lowest BCUT2D eigenvalue weighted by Crippen LogP contribution is -2.39. The van der Waals surface area contributed by atoms with Crippen molar-refractivity contribution >= 4 is 0 Å². The molecule has 0 spiro atoms. The van der Waals surface area contributed by atoms with E-state index in [2.05, 4.69) is 26.1 Å². The van der Waals surface area contributed by atoms with E-state index >= 15 is 0 Å². The number of methoxy groups -OCH3 is 2. The van der Waals surface area contributed by atoms with Crippen LogP contribution >= 0.6 is 0 Å². The average Bonchev–Trinajstić information content (AvgIpc) is 2.49. The van der Waals surface area contributed by atoms with Gasteiger partial charge in [0.2, 0.25) is 0 Å². The molecule has 0 bridgehead atoms. The van der Waals surface area contributed by atoms with Crippen LogP contribution in [0.4, 0.5) is 0 Å². The highest BCUT2D eigenvalue weighted by molar-refractivity contribution is 5.53. The number of fused-ring (bicyclic) bond motifs is 1. The first kappa shape index (κ1) is 16.9. The number of nitrogens with one attached hydrogen (secondary N) is 1. The lowest BCUT2D eigenvalue weighted by Gasteiger charge is -2.38. The molecule has 22 heavy (non-hydrogen) atoms. The first-order valence-electron chi connectivity index (χ1n) is 8.19. The van der Waals surface area contributed by atoms with E-state index in [-0.39, 0.29) is 11.6 Å². The predicted octanol–water partition coefficient (Wildman–Crippen LogP) is 4.09. The third kappa shape index (κ3) is 3.86. The molecule has 1 heterocycles. The molecule has 0 amide bonds. The summed E-state index contributed by atoms with van der Waals surface area (Å²) < 4.78 is 17.0. The summed E-state index contributed by atoms with van der Waals surface area (Å²) in [4.78, 5) is 0. The number of unbranched alkanes of at least 4 members (excludes halogenated alkanes) is 2. The molecule has 4 heteroatoms. The molecule has 0 saturated carbocycles. The Balaban J connectivity index is 2.25. The van der Waals surface area contributed by atoms with Crippen molar-refractivity contribution in [1.29, 1.82) is 0 Å². The van der Waals surface area contributed by atoms with E-state index in [1.54, 1.807) is 14.2 Å². The summed E-state index contributed by atoms with van der Waals surface area (Å²) in [6.45, 7) is 7.52. The van der Waals surface area contributed by atoms with Crippen LogP contribution in [-0.4, -0.2) is 26.4 Å². The molecule has 0 radical (unpaired) electrons. The van der Waals surface area contributed by atoms with Crippen molar-refractivity contribution in [3.8, 4) is 17.2 Å². The molecule has 1 aliphatic rings. The quantitative estimate of drug-likeness (QED) is 0.770. The van der Waals surface area contributed by atoms with Gasteiger partial charge in [-0.05, 0) is 32.9 Å². The summed E-state index contributed by atoms with van der Waals surface area (Å²) in [7, 11) is 3.32. The van der Waals surface area contributed by atoms with Crippen LogP contribution in [0.2, 0.25) is 0 Å². The summed E-state index contributed by atoms with van der Waals surface area (Å²) in [6, 6.07) is 4.27. The van der Waals surface area contributed by atoms with Crippen LogP contribution in [0.25, 0.3) is 0 Å². The molecule has 1 N–H and O–H groups in total. The van der Waals surface area contributed by atoms with Crippen LogP contribution < -0.4 is 19.5 Å². The van der Waals surface area contributed by atoms with Gasteiger partial charge in [0.15, 0.2) is 11.5 Å². The van der Waals surface area contributed by atoms with E-state index in [9.17, 15) is 0 Å². The van der Waals surface area contributed by atoms with Gasteiger partial charge in [0.25, 0.3) is 0 Å². The molecule has 0 saturated heterocycles. The topological polar surface area (TPSA) is 39.7 Å². The minimum Gasteiger partial charge on any atom is -0.493 e. The number of hydrogen-bond donors (Lipinski definition) is 1. The second kappa shape index (κ2) is 7.23. The van der Waals surface area contributed by atoms with Gasteiger partial charge in [-0.25, -0.2) is 0 Å². The molecule has 1 aromatic carbocycles. The Morgan fingerprint density at radius 1 is 1.18 bits per heavy atom. The fourth-order valence-corrected chi connectivity index (χ4v) is 3.01. The fourth-order valence-electron chi connectivity index (χ4n) is 3.01. The summed E-state index contributed by atoms with van der Waals surface area (Å²) in [6.07, 6.45) is 4.65. The Morgan fingerprint density at radius 2 is 1.86 bits per heavy atom. The minimum absolute atomic E-state index is 0.185. The summed E-state index contributed by atoms with van der Waals surface area (Å²) >= 11 is 0. The van der Waals surface area contributed by atoms with E-state index in [1.807, 2.05) is 12.1 Å². The van der Waals surface area contributed by atoms with E-state index in [4.69, 9.17) is 14.2 Å². The van der Waals surface area contributed by atoms with Crippen LogP contribution in [0.1, 0.15) is 58.1 Å². The molecule has 2 rings (SSSR count). The maximum absolute atomic E-state index is 6.14. The molecule has 0 aliphatic carbocycles. The minimum atomic E-state index is -0.185. The second-order valence-electron chi connectivity index (χ2n) is 6.52. The highest BCUT2D eigenvalue weighted by atomic mass is 16.5. The Hall–Kier alpha value is -1.42. The maximum atomic E-state index is 6.14. The number of hydrogen-bond acceptors (Lipinski definition) is 4. The number of benzene rings is 1. The van der Waals surface area contributed by atoms with E-state index in [1.165, 1.54) is 19.3 Å². The average molecular weight is 307 g/mol. The first-order chi connectivity index (χ1) is 10.5. The van der Waals surface area contributed by atoms with E-state index < -0.39 is 0 Å². The molecule has 0 aromatic heterocycles. The van der Waals surface area contributed by atoms with Gasteiger partial charge in [-0.15, -0.1) is 0 Å². The molecular formula is C18H29NO3. The van der Waals surface area contributed by atoms with Gasteiger partial charge in [0.05, 0.1) is 14.2 Å². The molecule has 124 valence electrons. The van der Waals surface area contributed by atoms with Crippen molar-refractivity contribution in [2.75, 3.05) is 20.8 Å². The molecule has 1 aromatic rings. The first-order valence-corrected chi connectivity index (χ1v) is 8.19. The van der Waals surface area contributed by atoms with Gasteiger partial charge < -0.3 is 19.5 Å². The Kier molecular flexibility index (Phi) is 5.57. The van der Waals surface area contributed by atoms with Crippen molar-refractivity contribution < 1.29 is 14.2 Å². The number of ether oxygens (including phenoxy) is 3. The highest BCUT2D eigenvalue weighted by Crippen LogP contribution is 2.44. The zero-order valence-electron chi connectivity index (χ0n) is 14.5. The summed E-state index contributed by atoms with van der Waals surface area (Å²) in [5.41, 5.74) is 0.975. The normalized spacial score (nSPS) is 19.2. The van der Waals surface area contributed by atoms with Gasteiger partial charge in [-0.1, -0.05) is 19.8 Å². The van der Waals surface area contributed by atoms with Crippen LogP contribution in [-0.2, 0) is 0 Å². The third-order valence-electron chi connectivity index (χ3n) is 4.14. The molecule has 1 atom stereocenters. The van der Waals surface area contributed by atoms with Gasteiger partial charge in [-0.2, -0.15) is 0 Å². The van der Waals surface area contributed by atoms with Gasteiger partial charge in [-0.3, -0.25) is 0 Å². The van der Waals surface area contributed by atoms with E-state index in [0.29, 0.717) is 5.75 Å². The molecule has 1 aliphatic heterocycles. The molecule has 0 fully saturated rings. The molecule has 1 unspecified atom stereocenters. The monoisotopic (exact) mass is 307 g/mol. The van der Waals surface area contributed by atoms with Crippen LogP contribution in [0.5, 0.6) is 17.2 Å². The zero-order valence-corrected chi connectivity index (χ0v) is 14.5. The maximum Gasteiger partial charge on any atom is 0.164 e. The summed E-state index contributed by atoms with van der Waals surface area (Å²) in [5, 5.41) is 3.68. The Bertz CT molecular complexity index is 499. The van der Waals surface area contributed by atoms with Crippen LogP contribution in [0.15, 0.2) is 12.1 Å². The highest BCUT2D eigenvalue weighted by Gasteiger charge is 2.34. The van der Waals surface area contributed by atoms with Gasteiger partial charge in [0.1, 0.15) is 11.4 Å². The third-order valence-corrected chi connectivity index (χ3v) is 4.14. The Morgan fingerprint density at radius 3 is 2.50 bits per heavy atom.